The second-order valence-electron chi connectivity index (χ2n) is 11.1. The van der Waals surface area contributed by atoms with Gasteiger partial charge in [-0.2, -0.15) is 15.0 Å². The van der Waals surface area contributed by atoms with Gasteiger partial charge in [0.2, 0.25) is 23.7 Å². The van der Waals surface area contributed by atoms with Crippen LogP contribution in [0.3, 0.4) is 0 Å². The maximum atomic E-state index is 13.2. The van der Waals surface area contributed by atoms with Crippen molar-refractivity contribution in [3.05, 3.63) is 61.0 Å². The number of hydrogen-bond acceptors (Lipinski definition) is 13. The first-order chi connectivity index (χ1) is 23.7. The van der Waals surface area contributed by atoms with E-state index in [1.807, 2.05) is 0 Å². The van der Waals surface area contributed by atoms with Crippen molar-refractivity contribution in [2.45, 2.75) is 18.8 Å². The topological polar surface area (TPSA) is 227 Å². The number of aromatic nitrogens is 7. The Morgan fingerprint density at radius 3 is 2.22 bits per heavy atom. The predicted molar refractivity (Wildman–Crippen MR) is 180 cm³/mol. The number of fused-ring (bicyclic) bond motifs is 2. The summed E-state index contributed by atoms with van der Waals surface area (Å²) < 4.78 is 3.33. The van der Waals surface area contributed by atoms with E-state index in [1.165, 1.54) is 66.0 Å². The molecule has 2 aliphatic heterocycles. The number of nitrogens with one attached hydrogen (secondary N) is 2. The summed E-state index contributed by atoms with van der Waals surface area (Å²) in [4.78, 5) is 105. The number of likely N-dealkylation sites (N-methyl/N-ethyl adjacent to an activating group) is 2. The second-order valence-corrected chi connectivity index (χ2v) is 11.9. The Kier molecular flexibility index (Phi) is 8.89. The lowest BCUT2D eigenvalue weighted by Gasteiger charge is -2.39. The molecule has 5 heterocycles. The minimum atomic E-state index is -0.930. The fraction of sp³-hybridized carbons (Fsp3) is 0.286. The third kappa shape index (κ3) is 6.16. The van der Waals surface area contributed by atoms with E-state index in [1.54, 1.807) is 18.2 Å². The van der Waals surface area contributed by atoms with E-state index in [-0.39, 0.29) is 45.6 Å². The predicted octanol–water partition coefficient (Wildman–Crippen LogP) is -0.184. The molecular formula is C28H26Cl2N14O6. The molecule has 22 heteroatoms. The number of benzene rings is 1. The molecule has 5 amide bonds. The fourth-order valence-electron chi connectivity index (χ4n) is 5.30. The van der Waals surface area contributed by atoms with Gasteiger partial charge >= 0.3 is 11.7 Å². The highest BCUT2D eigenvalue weighted by Gasteiger charge is 2.48. The Balaban J connectivity index is 1.26. The van der Waals surface area contributed by atoms with Crippen LogP contribution in [0.2, 0.25) is 10.0 Å². The van der Waals surface area contributed by atoms with Crippen LogP contribution in [0.5, 0.6) is 0 Å². The molecule has 0 radical (unpaired) electrons. The molecule has 1 fully saturated rings. The lowest BCUT2D eigenvalue weighted by atomic mass is 10.1. The Labute approximate surface area is 290 Å². The number of anilines is 2. The molecule has 0 bridgehead atoms. The lowest BCUT2D eigenvalue weighted by molar-refractivity contribution is -0.136. The van der Waals surface area contributed by atoms with Crippen LogP contribution in [0.15, 0.2) is 44.1 Å². The quantitative estimate of drug-likeness (QED) is 0.227. The number of carbonyl (C=O) groups is 4. The average Bonchev–Trinajstić information content (AvgIpc) is 3.68. The lowest BCUT2D eigenvalue weighted by Crippen LogP contribution is -2.64. The van der Waals surface area contributed by atoms with Crippen molar-refractivity contribution >= 4 is 88.5 Å². The molecule has 3 aromatic heterocycles. The van der Waals surface area contributed by atoms with Crippen LogP contribution in [0.1, 0.15) is 5.56 Å². The number of nitrogens with zero attached hydrogens (tertiary/aromatic N) is 12. The maximum Gasteiger partial charge on any atom is 0.332 e. The average molecular weight is 726 g/mol. The van der Waals surface area contributed by atoms with Crippen LogP contribution in [0, 0.1) is 0 Å². The molecule has 2 aliphatic rings. The van der Waals surface area contributed by atoms with Crippen molar-refractivity contribution < 1.29 is 19.2 Å². The first-order valence-electron chi connectivity index (χ1n) is 14.5. The van der Waals surface area contributed by atoms with Crippen molar-refractivity contribution in [3.8, 4) is 0 Å². The van der Waals surface area contributed by atoms with Crippen molar-refractivity contribution in [2.24, 2.45) is 24.1 Å². The number of urea groups is 1. The summed E-state index contributed by atoms with van der Waals surface area (Å²) >= 11 is 12.5. The normalized spacial score (nSPS) is 17.3. The van der Waals surface area contributed by atoms with Gasteiger partial charge in [0.1, 0.15) is 6.54 Å². The van der Waals surface area contributed by atoms with Crippen LogP contribution in [-0.2, 0) is 35.0 Å². The largest absolute Gasteiger partial charge is 0.338 e. The van der Waals surface area contributed by atoms with E-state index in [9.17, 15) is 28.8 Å². The first-order valence-corrected chi connectivity index (χ1v) is 15.3. The van der Waals surface area contributed by atoms with E-state index in [0.717, 1.165) is 9.47 Å². The third-order valence-electron chi connectivity index (χ3n) is 7.87. The van der Waals surface area contributed by atoms with Gasteiger partial charge in [0.05, 0.1) is 29.3 Å². The van der Waals surface area contributed by atoms with E-state index in [4.69, 9.17) is 23.2 Å². The summed E-state index contributed by atoms with van der Waals surface area (Å²) in [5.41, 5.74) is -0.784. The van der Waals surface area contributed by atoms with Gasteiger partial charge in [-0.15, -0.1) is 0 Å². The number of amides is 5. The zero-order valence-electron chi connectivity index (χ0n) is 26.6. The molecule has 2 atom stereocenters. The first kappa shape index (κ1) is 33.9. The van der Waals surface area contributed by atoms with Crippen molar-refractivity contribution in [1.29, 1.82) is 0 Å². The molecule has 1 aromatic carbocycles. The number of aryl methyl sites for hydroxylation is 1. The number of rotatable bonds is 8. The molecule has 258 valence electrons. The fourth-order valence-corrected chi connectivity index (χ4v) is 5.79. The van der Waals surface area contributed by atoms with Crippen molar-refractivity contribution in [1.82, 2.24) is 48.3 Å². The Morgan fingerprint density at radius 2 is 1.56 bits per heavy atom. The standard InChI is InChI=1S/C28H26Cl2N14O6/c1-39-20-18(22(47)41(3)27(39)49)43(11-32-20)9-16(45)34-25-36-24(31-8-13-14(29)6-5-7-15(13)30)37-26(38-25)35-17(46)10-44-12-33-21-19(44)23(48)42(4)28(50)40(21)2/h5-8,11-12,18,20H,9-10H2,1-4H3,(H2,34,35,36,37,38,45,46). The molecular weight excluding hydrogens is 699 g/mol. The summed E-state index contributed by atoms with van der Waals surface area (Å²) in [6.07, 6.45) is 3.02. The third-order valence-corrected chi connectivity index (χ3v) is 8.53. The van der Waals surface area contributed by atoms with Gasteiger partial charge in [0.25, 0.3) is 17.4 Å². The van der Waals surface area contributed by atoms with E-state index >= 15 is 0 Å². The highest BCUT2D eigenvalue weighted by atomic mass is 35.5. The summed E-state index contributed by atoms with van der Waals surface area (Å²) in [5.74, 6) is -2.81. The Bertz CT molecular complexity index is 2260. The molecule has 0 saturated carbocycles. The maximum absolute atomic E-state index is 13.2. The number of hydrogen-bond donors (Lipinski definition) is 2. The van der Waals surface area contributed by atoms with Crippen LogP contribution >= 0.6 is 23.2 Å². The van der Waals surface area contributed by atoms with E-state index in [2.05, 4.69) is 40.6 Å². The summed E-state index contributed by atoms with van der Waals surface area (Å²) in [6.45, 7) is -0.805. The van der Waals surface area contributed by atoms with E-state index < -0.39 is 53.8 Å². The summed E-state index contributed by atoms with van der Waals surface area (Å²) in [6, 6.07) is 3.38. The molecule has 4 aromatic rings. The minimum absolute atomic E-state index is 0.0150. The molecule has 2 N–H and O–H groups in total. The van der Waals surface area contributed by atoms with Crippen molar-refractivity contribution in [2.75, 3.05) is 31.3 Å². The number of imidazole rings is 1. The SMILES string of the molecule is CN1C(=O)C2C(N=CN2CC(=O)Nc2nc(N=Cc3c(Cl)cccc3Cl)nc(NC(=O)Cn3cnc4c3c(=O)n(C)c(=O)n4C)n2)N(C)C1=O. The van der Waals surface area contributed by atoms with Gasteiger partial charge in [0.15, 0.2) is 23.4 Å². The number of aliphatic imine (C=N–C) groups is 2. The summed E-state index contributed by atoms with van der Waals surface area (Å²) in [7, 11) is 5.59. The molecule has 0 aliphatic carbocycles. The van der Waals surface area contributed by atoms with Gasteiger partial charge in [-0.3, -0.25) is 43.8 Å². The molecule has 50 heavy (non-hydrogen) atoms. The molecule has 1 saturated heterocycles. The Morgan fingerprint density at radius 1 is 0.920 bits per heavy atom. The molecule has 6 rings (SSSR count). The van der Waals surface area contributed by atoms with Gasteiger partial charge in [-0.1, -0.05) is 29.3 Å². The van der Waals surface area contributed by atoms with Gasteiger partial charge in [0, 0.05) is 40.0 Å². The van der Waals surface area contributed by atoms with Gasteiger partial charge < -0.3 is 14.4 Å². The van der Waals surface area contributed by atoms with Gasteiger partial charge in [-0.25, -0.2) is 24.6 Å². The van der Waals surface area contributed by atoms with E-state index in [0.29, 0.717) is 5.56 Å². The molecule has 0 spiro atoms. The number of carbonyl (C=O) groups excluding carboxylic acids is 4. The smallest absolute Gasteiger partial charge is 0.332 e. The van der Waals surface area contributed by atoms with Crippen molar-refractivity contribution in [3.63, 3.8) is 0 Å². The highest BCUT2D eigenvalue weighted by molar-refractivity contribution is 6.38. The summed E-state index contributed by atoms with van der Waals surface area (Å²) in [5, 5.41) is 5.56. The zero-order chi connectivity index (χ0) is 36.0. The highest BCUT2D eigenvalue weighted by Crippen LogP contribution is 2.25. The molecule has 2 unspecified atom stereocenters. The van der Waals surface area contributed by atoms with Gasteiger partial charge in [-0.05, 0) is 12.1 Å². The number of halogens is 2. The zero-order valence-corrected chi connectivity index (χ0v) is 28.1. The van der Waals surface area contributed by atoms with Crippen LogP contribution in [0.4, 0.5) is 22.6 Å². The Hall–Kier alpha value is -6.02. The van der Waals surface area contributed by atoms with Crippen LogP contribution in [0.25, 0.3) is 11.2 Å². The monoisotopic (exact) mass is 724 g/mol. The molecule has 20 nitrogen and oxygen atoms in total. The minimum Gasteiger partial charge on any atom is -0.338 e. The van der Waals surface area contributed by atoms with Crippen LogP contribution in [-0.4, -0.2) is 117 Å². The van der Waals surface area contributed by atoms with Crippen LogP contribution < -0.4 is 21.9 Å². The number of imide groups is 1. The second kappa shape index (κ2) is 13.1.